The number of alkyl halides is 6. The maximum atomic E-state index is 13.7. The summed E-state index contributed by atoms with van der Waals surface area (Å²) in [6.07, 6.45) is -9.84. The zero-order valence-corrected chi connectivity index (χ0v) is 25.4. The molecule has 268 valence electrons. The minimum atomic E-state index is -4.93. The lowest BCUT2D eigenvalue weighted by Crippen LogP contribution is -2.17. The van der Waals surface area contributed by atoms with Gasteiger partial charge in [0.2, 0.25) is 0 Å². The molecule has 0 heterocycles. The summed E-state index contributed by atoms with van der Waals surface area (Å²) >= 11 is 5.22. The van der Waals surface area contributed by atoms with Crippen LogP contribution < -0.4 is 28.4 Å². The number of benzene rings is 4. The maximum absolute atomic E-state index is 13.7. The van der Waals surface area contributed by atoms with Crippen LogP contribution in [0.4, 0.5) is 43.9 Å². The molecule has 0 fully saturated rings. The number of carboxylic acid groups (broad SMARTS) is 1. The monoisotopic (exact) mass is 746 g/mol. The highest BCUT2D eigenvalue weighted by Gasteiger charge is 2.33. The van der Waals surface area contributed by atoms with Gasteiger partial charge in [-0.05, 0) is 60.1 Å². The van der Waals surface area contributed by atoms with Gasteiger partial charge in [-0.3, -0.25) is 4.79 Å². The van der Waals surface area contributed by atoms with Crippen LogP contribution in [-0.2, 0) is 0 Å². The van der Waals surface area contributed by atoms with E-state index < -0.39 is 81.3 Å². The Morgan fingerprint density at radius 2 is 0.940 bits per heavy atom. The molecule has 9 nitrogen and oxygen atoms in total. The molecule has 0 atom stereocenters. The second-order valence-electron chi connectivity index (χ2n) is 8.97. The summed E-state index contributed by atoms with van der Waals surface area (Å²) in [4.78, 5) is 22.4. The summed E-state index contributed by atoms with van der Waals surface area (Å²) < 4.78 is 155. The number of halogens is 11. The number of hydrogen-bond donors (Lipinski definition) is 1. The molecule has 20 heteroatoms. The van der Waals surface area contributed by atoms with Gasteiger partial charge in [0.25, 0.3) is 5.24 Å². The highest BCUT2D eigenvalue weighted by atomic mass is 35.5. The fourth-order valence-electron chi connectivity index (χ4n) is 3.71. The normalized spacial score (nSPS) is 11.1. The van der Waals surface area contributed by atoms with Gasteiger partial charge in [-0.1, -0.05) is 0 Å². The molecule has 0 aromatic heterocycles. The Hall–Kier alpha value is -5.59. The molecule has 0 aliphatic rings. The Morgan fingerprint density at radius 3 is 1.28 bits per heavy atom. The molecule has 0 aliphatic carbocycles. The van der Waals surface area contributed by atoms with E-state index in [0.717, 1.165) is 62.8 Å². The van der Waals surface area contributed by atoms with Gasteiger partial charge in [0, 0.05) is 12.1 Å². The summed E-state index contributed by atoms with van der Waals surface area (Å²) in [6.45, 7) is 0. The van der Waals surface area contributed by atoms with E-state index >= 15 is 0 Å². The van der Waals surface area contributed by atoms with Crippen molar-refractivity contribution in [3.8, 4) is 46.0 Å². The van der Waals surface area contributed by atoms with Crippen molar-refractivity contribution in [2.75, 3.05) is 14.2 Å². The van der Waals surface area contributed by atoms with E-state index in [0.29, 0.717) is 12.1 Å². The largest absolute Gasteiger partial charge is 0.573 e. The Bertz CT molecular complexity index is 1750. The van der Waals surface area contributed by atoms with Crippen LogP contribution in [0.3, 0.4) is 0 Å². The summed E-state index contributed by atoms with van der Waals surface area (Å²) in [7, 11) is 2.25. The van der Waals surface area contributed by atoms with Crippen molar-refractivity contribution in [1.29, 1.82) is 0 Å². The fraction of sp³-hybridized carbons (Fsp3) is 0.133. The quantitative estimate of drug-likeness (QED) is 0.125. The third kappa shape index (κ3) is 10.2. The van der Waals surface area contributed by atoms with Gasteiger partial charge in [0.1, 0.15) is 34.1 Å². The van der Waals surface area contributed by atoms with Crippen molar-refractivity contribution in [2.45, 2.75) is 12.7 Å². The fourth-order valence-corrected chi connectivity index (χ4v) is 3.89. The summed E-state index contributed by atoms with van der Waals surface area (Å²) in [6, 6.07) is 8.66. The Balaban J connectivity index is 0.000000270. The molecule has 0 unspecified atom stereocenters. The topological polar surface area (TPSA) is 110 Å². The van der Waals surface area contributed by atoms with Crippen LogP contribution in [0.2, 0.25) is 0 Å². The Morgan fingerprint density at radius 1 is 0.580 bits per heavy atom. The van der Waals surface area contributed by atoms with Crippen molar-refractivity contribution in [2.24, 2.45) is 0 Å². The lowest BCUT2D eigenvalue weighted by molar-refractivity contribution is -0.275. The average molecular weight is 747 g/mol. The molecule has 4 aromatic carbocycles. The second-order valence-corrected chi connectivity index (χ2v) is 9.32. The zero-order chi connectivity index (χ0) is 37.6. The highest BCUT2D eigenvalue weighted by molar-refractivity contribution is 6.68. The number of carbonyl (C=O) groups is 2. The first-order valence-corrected chi connectivity index (χ1v) is 13.2. The first kappa shape index (κ1) is 38.9. The third-order valence-electron chi connectivity index (χ3n) is 5.70. The van der Waals surface area contributed by atoms with Crippen LogP contribution in [0.15, 0.2) is 60.7 Å². The van der Waals surface area contributed by atoms with E-state index in [2.05, 4.69) is 9.47 Å². The predicted molar refractivity (Wildman–Crippen MR) is 149 cm³/mol. The smallest absolute Gasteiger partial charge is 0.493 e. The summed E-state index contributed by atoms with van der Waals surface area (Å²) in [5.74, 6) is -10.7. The van der Waals surface area contributed by atoms with Crippen LogP contribution in [0.5, 0.6) is 46.0 Å². The molecule has 0 radical (unpaired) electrons. The molecule has 0 aliphatic heterocycles. The number of carboxylic acids is 1. The first-order valence-electron chi connectivity index (χ1n) is 12.9. The predicted octanol–water partition coefficient (Wildman–Crippen LogP) is 9.41. The molecule has 0 saturated carbocycles. The number of ether oxygens (including phenoxy) is 6. The minimum Gasteiger partial charge on any atom is -0.493 e. The number of methoxy groups -OCH3 is 2. The zero-order valence-electron chi connectivity index (χ0n) is 24.6. The van der Waals surface area contributed by atoms with Crippen LogP contribution in [0, 0.1) is 23.3 Å². The summed E-state index contributed by atoms with van der Waals surface area (Å²) in [5.41, 5.74) is -1.93. The molecule has 4 aromatic rings. The standard InChI is InChI=1S/C15H8ClF5O4.C15H9F5O5/c1-23-11-6-7(25-15(19,20)21)2-4-9(11)24-10-5-3-8(17)13(18)12(10)14(16)22;1-23-11-6-7(25-15(18,19)20)2-4-9(11)24-10-5-3-8(16)13(17)12(10)14(21)22/h2-6H,1H3;2-6H,1H3,(H,21,22). The summed E-state index contributed by atoms with van der Waals surface area (Å²) in [5, 5.41) is 7.67. The highest BCUT2D eigenvalue weighted by Crippen LogP contribution is 2.40. The van der Waals surface area contributed by atoms with E-state index in [1.807, 2.05) is 0 Å². The molecule has 0 spiro atoms. The van der Waals surface area contributed by atoms with Crippen molar-refractivity contribution < 1.29 is 87.0 Å². The molecule has 0 amide bonds. The number of aromatic carboxylic acids is 1. The van der Waals surface area contributed by atoms with E-state index in [1.165, 1.54) is 0 Å². The van der Waals surface area contributed by atoms with Gasteiger partial charge in [0.05, 0.1) is 14.2 Å². The van der Waals surface area contributed by atoms with E-state index in [1.54, 1.807) is 0 Å². The van der Waals surface area contributed by atoms with Crippen LogP contribution in [0.25, 0.3) is 0 Å². The Kier molecular flexibility index (Phi) is 12.2. The maximum Gasteiger partial charge on any atom is 0.573 e. The molecular weight excluding hydrogens is 730 g/mol. The van der Waals surface area contributed by atoms with Crippen LogP contribution in [0.1, 0.15) is 20.7 Å². The second kappa shape index (κ2) is 15.7. The van der Waals surface area contributed by atoms with Crippen molar-refractivity contribution >= 4 is 22.8 Å². The van der Waals surface area contributed by atoms with Crippen molar-refractivity contribution in [3.63, 3.8) is 0 Å². The number of rotatable bonds is 10. The molecule has 0 bridgehead atoms. The van der Waals surface area contributed by atoms with Crippen molar-refractivity contribution in [1.82, 2.24) is 0 Å². The molecular formula is C30H17ClF10O9. The molecule has 1 N–H and O–H groups in total. The number of carbonyl (C=O) groups excluding carboxylic acids is 1. The third-order valence-corrected chi connectivity index (χ3v) is 5.89. The van der Waals surface area contributed by atoms with Gasteiger partial charge >= 0.3 is 18.7 Å². The molecule has 50 heavy (non-hydrogen) atoms. The van der Waals surface area contributed by atoms with Gasteiger partial charge < -0.3 is 33.5 Å². The average Bonchev–Trinajstić information content (AvgIpc) is 3.00. The van der Waals surface area contributed by atoms with Gasteiger partial charge in [-0.25, -0.2) is 22.4 Å². The van der Waals surface area contributed by atoms with Gasteiger partial charge in [-0.15, -0.1) is 26.3 Å². The van der Waals surface area contributed by atoms with Crippen LogP contribution >= 0.6 is 11.6 Å². The van der Waals surface area contributed by atoms with Gasteiger partial charge in [-0.2, -0.15) is 0 Å². The lowest BCUT2D eigenvalue weighted by atomic mass is 10.2. The first-order chi connectivity index (χ1) is 23.2. The van der Waals surface area contributed by atoms with Gasteiger partial charge in [0.15, 0.2) is 46.3 Å². The number of hydrogen-bond acceptors (Lipinski definition) is 8. The SMILES string of the molecule is COc1cc(OC(F)(F)F)ccc1Oc1ccc(F)c(F)c1C(=O)Cl.COc1cc(OC(F)(F)F)ccc1Oc1ccc(F)c(F)c1C(=O)O. The molecule has 4 rings (SSSR count). The molecule has 0 saturated heterocycles. The van der Waals surface area contributed by atoms with E-state index in [-0.39, 0.29) is 23.0 Å². The van der Waals surface area contributed by atoms with Crippen molar-refractivity contribution in [3.05, 3.63) is 95.1 Å². The van der Waals surface area contributed by atoms with Crippen LogP contribution in [-0.4, -0.2) is 43.3 Å². The van der Waals surface area contributed by atoms with E-state index in [9.17, 15) is 53.5 Å². The minimum absolute atomic E-state index is 0.179. The van der Waals surface area contributed by atoms with E-state index in [4.69, 9.17) is 35.7 Å². The lowest BCUT2D eigenvalue weighted by Gasteiger charge is -2.15. The Labute approximate surface area is 278 Å².